The van der Waals surface area contributed by atoms with Crippen molar-refractivity contribution in [3.8, 4) is 0 Å². The van der Waals surface area contributed by atoms with Crippen LogP contribution in [0.25, 0.3) is 0 Å². The summed E-state index contributed by atoms with van der Waals surface area (Å²) in [6.07, 6.45) is 0. The number of rotatable bonds is 9. The van der Waals surface area contributed by atoms with Gasteiger partial charge in [-0.2, -0.15) is 0 Å². The van der Waals surface area contributed by atoms with Gasteiger partial charge in [-0.3, -0.25) is 14.6 Å². The Hall–Kier alpha value is -2.55. The zero-order valence-corrected chi connectivity index (χ0v) is 23.0. The summed E-state index contributed by atoms with van der Waals surface area (Å²) in [7, 11) is 0. The molecule has 0 spiro atoms. The van der Waals surface area contributed by atoms with Crippen molar-refractivity contribution >= 4 is 29.1 Å². The lowest BCUT2D eigenvalue weighted by Crippen LogP contribution is -2.54. The summed E-state index contributed by atoms with van der Waals surface area (Å²) in [4.78, 5) is 18.0. The van der Waals surface area contributed by atoms with E-state index in [4.69, 9.17) is 27.9 Å². The number of benzene rings is 3. The number of halogens is 4. The van der Waals surface area contributed by atoms with Gasteiger partial charge in [-0.05, 0) is 53.1 Å². The zero-order chi connectivity index (χ0) is 27.4. The van der Waals surface area contributed by atoms with Gasteiger partial charge < -0.3 is 10.1 Å². The van der Waals surface area contributed by atoms with Gasteiger partial charge in [-0.25, -0.2) is 8.78 Å². The van der Waals surface area contributed by atoms with Gasteiger partial charge in [0, 0.05) is 61.3 Å². The molecule has 2 aliphatic rings. The minimum atomic E-state index is -0.687. The van der Waals surface area contributed by atoms with Crippen LogP contribution in [0.3, 0.4) is 0 Å². The fourth-order valence-corrected chi connectivity index (χ4v) is 5.79. The number of carbonyl (C=O) groups excluding carboxylic acids is 1. The number of ether oxygens (including phenoxy) is 1. The molecular weight excluding hydrogens is 543 g/mol. The Morgan fingerprint density at radius 1 is 0.872 bits per heavy atom. The number of nitrogens with zero attached hydrogens (tertiary/aromatic N) is 2. The van der Waals surface area contributed by atoms with Crippen LogP contribution in [0, 0.1) is 17.6 Å². The molecule has 0 unspecified atom stereocenters. The molecule has 2 aliphatic heterocycles. The number of carbonyl (C=O) groups is 1. The van der Waals surface area contributed by atoms with Crippen LogP contribution in [0.4, 0.5) is 8.78 Å². The Kier molecular flexibility index (Phi) is 9.15. The number of hydrogen-bond donors (Lipinski definition) is 1. The Morgan fingerprint density at radius 3 is 1.95 bits per heavy atom. The molecule has 0 bridgehead atoms. The summed E-state index contributed by atoms with van der Waals surface area (Å²) in [5, 5.41) is 4.32. The lowest BCUT2D eigenvalue weighted by atomic mass is 9.78. The second kappa shape index (κ2) is 12.7. The Morgan fingerprint density at radius 2 is 1.41 bits per heavy atom. The summed E-state index contributed by atoms with van der Waals surface area (Å²) >= 11 is 12.3. The molecule has 206 valence electrons. The summed E-state index contributed by atoms with van der Waals surface area (Å²) < 4.78 is 33.8. The largest absolute Gasteiger partial charge is 0.379 e. The first-order valence-corrected chi connectivity index (χ1v) is 13.9. The van der Waals surface area contributed by atoms with Crippen LogP contribution in [0.5, 0.6) is 0 Å². The van der Waals surface area contributed by atoms with E-state index in [0.29, 0.717) is 55.0 Å². The third-order valence-electron chi connectivity index (χ3n) is 7.50. The van der Waals surface area contributed by atoms with Gasteiger partial charge in [-0.15, -0.1) is 0 Å². The van der Waals surface area contributed by atoms with Crippen molar-refractivity contribution in [3.05, 3.63) is 105 Å². The smallest absolute Gasteiger partial charge is 0.227 e. The predicted octanol–water partition coefficient (Wildman–Crippen LogP) is 5.53. The van der Waals surface area contributed by atoms with Crippen molar-refractivity contribution in [2.75, 3.05) is 52.5 Å². The molecule has 2 fully saturated rings. The molecule has 3 aromatic rings. The SMILES string of the molecule is O=C(NCCN1CCOCC1)[C@H](c1cc(F)cc(F)c1)C1CN(C(c2ccc(Cl)cc2)c2ccc(Cl)cc2)C1. The minimum Gasteiger partial charge on any atom is -0.379 e. The highest BCUT2D eigenvalue weighted by molar-refractivity contribution is 6.30. The standard InChI is InChI=1S/C30H31Cl2F2N3O2/c31-24-5-1-20(2-6-24)29(21-3-7-25(32)8-4-21)37-18-23(19-37)28(22-15-26(33)17-27(34)16-22)30(38)35-9-10-36-11-13-39-14-12-36/h1-8,15-17,23,28-29H,9-14,18-19H2,(H,35,38)/t28-/m1/s1. The van der Waals surface area contributed by atoms with Crippen LogP contribution in [-0.2, 0) is 9.53 Å². The van der Waals surface area contributed by atoms with Gasteiger partial charge in [0.15, 0.2) is 0 Å². The molecule has 39 heavy (non-hydrogen) atoms. The molecule has 1 atom stereocenters. The van der Waals surface area contributed by atoms with Crippen molar-refractivity contribution in [2.24, 2.45) is 5.92 Å². The van der Waals surface area contributed by atoms with Gasteiger partial charge >= 0.3 is 0 Å². The number of amides is 1. The highest BCUT2D eigenvalue weighted by Gasteiger charge is 2.42. The normalized spacial score (nSPS) is 17.7. The highest BCUT2D eigenvalue weighted by Crippen LogP contribution is 2.40. The van der Waals surface area contributed by atoms with E-state index in [1.54, 1.807) is 0 Å². The van der Waals surface area contributed by atoms with Crippen LogP contribution in [-0.4, -0.2) is 68.2 Å². The lowest BCUT2D eigenvalue weighted by Gasteiger charge is -2.47. The first kappa shape index (κ1) is 28.0. The van der Waals surface area contributed by atoms with Gasteiger partial charge in [0.2, 0.25) is 5.91 Å². The summed E-state index contributed by atoms with van der Waals surface area (Å²) in [5.74, 6) is -2.38. The molecular formula is C30H31Cl2F2N3O2. The minimum absolute atomic E-state index is 0.0786. The van der Waals surface area contributed by atoms with E-state index in [1.807, 2.05) is 48.5 Å². The molecule has 0 radical (unpaired) electrons. The molecule has 1 N–H and O–H groups in total. The van der Waals surface area contributed by atoms with Crippen LogP contribution in [0.15, 0.2) is 66.7 Å². The first-order chi connectivity index (χ1) is 18.9. The molecule has 0 aliphatic carbocycles. The molecule has 1 amide bonds. The summed E-state index contributed by atoms with van der Waals surface area (Å²) in [5.41, 5.74) is 2.47. The molecule has 5 rings (SSSR count). The zero-order valence-electron chi connectivity index (χ0n) is 21.5. The number of likely N-dealkylation sites (tertiary alicyclic amines) is 1. The van der Waals surface area contributed by atoms with Crippen LogP contribution >= 0.6 is 23.2 Å². The molecule has 9 heteroatoms. The van der Waals surface area contributed by atoms with Gasteiger partial charge in [0.1, 0.15) is 11.6 Å². The fourth-order valence-electron chi connectivity index (χ4n) is 5.54. The van der Waals surface area contributed by atoms with E-state index in [1.165, 1.54) is 12.1 Å². The van der Waals surface area contributed by atoms with Crippen LogP contribution < -0.4 is 5.32 Å². The predicted molar refractivity (Wildman–Crippen MR) is 149 cm³/mol. The van der Waals surface area contributed by atoms with E-state index in [2.05, 4.69) is 15.1 Å². The molecule has 0 aromatic heterocycles. The topological polar surface area (TPSA) is 44.8 Å². The molecule has 2 heterocycles. The molecule has 2 saturated heterocycles. The second-order valence-electron chi connectivity index (χ2n) is 10.1. The maximum atomic E-state index is 14.2. The van der Waals surface area contributed by atoms with E-state index in [-0.39, 0.29) is 17.9 Å². The lowest BCUT2D eigenvalue weighted by molar-refractivity contribution is -0.126. The van der Waals surface area contributed by atoms with Gasteiger partial charge in [-0.1, -0.05) is 47.5 Å². The number of hydrogen-bond acceptors (Lipinski definition) is 4. The van der Waals surface area contributed by atoms with Crippen molar-refractivity contribution in [3.63, 3.8) is 0 Å². The molecule has 0 saturated carbocycles. The molecule has 5 nitrogen and oxygen atoms in total. The quantitative estimate of drug-likeness (QED) is 0.366. The Balaban J connectivity index is 1.34. The fraction of sp³-hybridized carbons (Fsp3) is 0.367. The number of nitrogens with one attached hydrogen (secondary N) is 1. The average Bonchev–Trinajstić information content (AvgIpc) is 2.89. The van der Waals surface area contributed by atoms with Crippen LogP contribution in [0.1, 0.15) is 28.7 Å². The van der Waals surface area contributed by atoms with E-state index in [9.17, 15) is 13.6 Å². The van der Waals surface area contributed by atoms with Crippen LogP contribution in [0.2, 0.25) is 10.0 Å². The third-order valence-corrected chi connectivity index (χ3v) is 8.01. The second-order valence-corrected chi connectivity index (χ2v) is 11.0. The summed E-state index contributed by atoms with van der Waals surface area (Å²) in [6, 6.07) is 18.7. The van der Waals surface area contributed by atoms with Crippen molar-refractivity contribution in [1.82, 2.24) is 15.1 Å². The monoisotopic (exact) mass is 573 g/mol. The molecule has 3 aromatic carbocycles. The summed E-state index contributed by atoms with van der Waals surface area (Å²) in [6.45, 7) is 5.32. The average molecular weight is 574 g/mol. The third kappa shape index (κ3) is 6.97. The van der Waals surface area contributed by atoms with Gasteiger partial charge in [0.05, 0.1) is 25.2 Å². The number of morpholine rings is 1. The highest BCUT2D eigenvalue weighted by atomic mass is 35.5. The van der Waals surface area contributed by atoms with E-state index >= 15 is 0 Å². The van der Waals surface area contributed by atoms with Crippen molar-refractivity contribution < 1.29 is 18.3 Å². The van der Waals surface area contributed by atoms with Crippen molar-refractivity contribution in [1.29, 1.82) is 0 Å². The van der Waals surface area contributed by atoms with Crippen molar-refractivity contribution in [2.45, 2.75) is 12.0 Å². The Bertz CT molecular complexity index is 1200. The van der Waals surface area contributed by atoms with E-state index < -0.39 is 17.6 Å². The van der Waals surface area contributed by atoms with E-state index in [0.717, 1.165) is 30.3 Å². The maximum absolute atomic E-state index is 14.2. The first-order valence-electron chi connectivity index (χ1n) is 13.2. The Labute approximate surface area is 237 Å². The van der Waals surface area contributed by atoms with Gasteiger partial charge in [0.25, 0.3) is 0 Å². The maximum Gasteiger partial charge on any atom is 0.227 e.